The number of unbranched alkanes of at least 4 members (excludes halogenated alkanes) is 4. The van der Waals surface area contributed by atoms with Crippen molar-refractivity contribution in [2.75, 3.05) is 5.33 Å². The van der Waals surface area contributed by atoms with E-state index < -0.39 is 0 Å². The zero-order valence-corrected chi connectivity index (χ0v) is 9.78. The highest BCUT2D eigenvalue weighted by atomic mass is 79.9. The quantitative estimate of drug-likeness (QED) is 0.328. The van der Waals surface area contributed by atoms with Gasteiger partial charge in [0.25, 0.3) is 0 Å². The van der Waals surface area contributed by atoms with Crippen LogP contribution < -0.4 is 0 Å². The molecule has 1 unspecified atom stereocenters. The third kappa shape index (κ3) is 8.32. The normalized spacial score (nSPS) is 12.8. The molecule has 0 nitrogen and oxygen atoms in total. The number of hydrogen-bond acceptors (Lipinski definition) is 0. The maximum absolute atomic E-state index is 3.71. The summed E-state index contributed by atoms with van der Waals surface area (Å²) in [5, 5.41) is 1.15. The molecule has 0 amide bonds. The Morgan fingerprint density at radius 1 is 1.25 bits per heavy atom. The minimum atomic E-state index is 0.851. The van der Waals surface area contributed by atoms with Crippen LogP contribution in [0.3, 0.4) is 0 Å². The smallest absolute Gasteiger partial charge is 0.00570 e. The third-order valence-electron chi connectivity index (χ3n) is 2.12. The van der Waals surface area contributed by atoms with E-state index in [1.54, 1.807) is 0 Å². The molecule has 0 fully saturated rings. The van der Waals surface area contributed by atoms with Gasteiger partial charge < -0.3 is 0 Å². The number of allylic oxidation sites excluding steroid dienone is 1. The largest absolute Gasteiger partial charge is 0.103 e. The minimum absolute atomic E-state index is 0.851. The fourth-order valence-electron chi connectivity index (χ4n) is 1.21. The highest BCUT2D eigenvalue weighted by Gasteiger charge is 1.98. The standard InChI is InChI=1S/C11H21Br/c1-3-4-5-6-7-8-9-11(2)10-12/h3,11H,1,4-10H2,2H3. The molecule has 0 aromatic carbocycles. The van der Waals surface area contributed by atoms with Crippen molar-refractivity contribution in [2.24, 2.45) is 5.92 Å². The van der Waals surface area contributed by atoms with Gasteiger partial charge in [-0.1, -0.05) is 48.2 Å². The topological polar surface area (TPSA) is 0 Å². The average Bonchev–Trinajstić information content (AvgIpc) is 2.10. The van der Waals surface area contributed by atoms with Crippen LogP contribution in [0.15, 0.2) is 12.7 Å². The maximum atomic E-state index is 3.71. The summed E-state index contributed by atoms with van der Waals surface area (Å²) in [5.41, 5.74) is 0. The number of halogens is 1. The second-order valence-electron chi connectivity index (χ2n) is 3.54. The molecule has 0 spiro atoms. The molecule has 0 aliphatic rings. The van der Waals surface area contributed by atoms with Crippen molar-refractivity contribution in [3.05, 3.63) is 12.7 Å². The van der Waals surface area contributed by atoms with Gasteiger partial charge in [-0.15, -0.1) is 6.58 Å². The van der Waals surface area contributed by atoms with Gasteiger partial charge in [0.1, 0.15) is 0 Å². The molecule has 0 aliphatic heterocycles. The fraction of sp³-hybridized carbons (Fsp3) is 0.818. The Hall–Kier alpha value is 0.220. The van der Waals surface area contributed by atoms with Crippen molar-refractivity contribution >= 4 is 15.9 Å². The Balaban J connectivity index is 2.95. The summed E-state index contributed by atoms with van der Waals surface area (Å²) in [4.78, 5) is 0. The van der Waals surface area contributed by atoms with Crippen LogP contribution in [-0.4, -0.2) is 5.33 Å². The van der Waals surface area contributed by atoms with Crippen LogP contribution in [0.25, 0.3) is 0 Å². The van der Waals surface area contributed by atoms with E-state index >= 15 is 0 Å². The van der Waals surface area contributed by atoms with E-state index in [-0.39, 0.29) is 0 Å². The Bertz CT molecular complexity index is 99.2. The predicted molar refractivity (Wildman–Crippen MR) is 60.9 cm³/mol. The zero-order chi connectivity index (χ0) is 9.23. The van der Waals surface area contributed by atoms with Gasteiger partial charge in [0.05, 0.1) is 0 Å². The molecular formula is C11H21Br. The molecule has 0 aromatic rings. The lowest BCUT2D eigenvalue weighted by molar-refractivity contribution is 0.529. The van der Waals surface area contributed by atoms with Gasteiger partial charge in [0.2, 0.25) is 0 Å². The SMILES string of the molecule is C=CCCCCCCC(C)CBr. The first-order valence-corrected chi connectivity index (χ1v) is 6.10. The van der Waals surface area contributed by atoms with E-state index in [0.29, 0.717) is 0 Å². The first kappa shape index (κ1) is 12.2. The van der Waals surface area contributed by atoms with Crippen LogP contribution in [0.2, 0.25) is 0 Å². The molecule has 72 valence electrons. The second-order valence-corrected chi connectivity index (χ2v) is 4.19. The number of rotatable bonds is 8. The molecule has 1 heteroatoms. The lowest BCUT2D eigenvalue weighted by Gasteiger charge is -2.05. The molecule has 0 aromatic heterocycles. The minimum Gasteiger partial charge on any atom is -0.103 e. The monoisotopic (exact) mass is 232 g/mol. The van der Waals surface area contributed by atoms with Crippen molar-refractivity contribution in [3.63, 3.8) is 0 Å². The first-order valence-electron chi connectivity index (χ1n) is 4.98. The number of alkyl halides is 1. The molecule has 0 aliphatic carbocycles. The molecule has 0 N–H and O–H groups in total. The highest BCUT2D eigenvalue weighted by Crippen LogP contribution is 2.12. The molecule has 0 heterocycles. The third-order valence-corrected chi connectivity index (χ3v) is 3.22. The molecule has 1 atom stereocenters. The van der Waals surface area contributed by atoms with E-state index in [2.05, 4.69) is 29.4 Å². The van der Waals surface area contributed by atoms with E-state index in [4.69, 9.17) is 0 Å². The summed E-state index contributed by atoms with van der Waals surface area (Å²) >= 11 is 3.50. The maximum Gasteiger partial charge on any atom is 0.00570 e. The Morgan fingerprint density at radius 3 is 2.50 bits per heavy atom. The van der Waals surface area contributed by atoms with E-state index in [1.807, 2.05) is 6.08 Å². The zero-order valence-electron chi connectivity index (χ0n) is 8.19. The summed E-state index contributed by atoms with van der Waals surface area (Å²) in [6.07, 6.45) is 10.1. The van der Waals surface area contributed by atoms with Crippen molar-refractivity contribution < 1.29 is 0 Å². The van der Waals surface area contributed by atoms with Crippen molar-refractivity contribution in [3.8, 4) is 0 Å². The summed E-state index contributed by atoms with van der Waals surface area (Å²) in [7, 11) is 0. The highest BCUT2D eigenvalue weighted by molar-refractivity contribution is 9.09. The Kier molecular flexibility index (Phi) is 9.48. The van der Waals surface area contributed by atoms with Gasteiger partial charge in [-0.25, -0.2) is 0 Å². The summed E-state index contributed by atoms with van der Waals surface area (Å²) in [6.45, 7) is 6.02. The van der Waals surface area contributed by atoms with Crippen molar-refractivity contribution in [2.45, 2.75) is 45.4 Å². The predicted octanol–water partition coefficient (Wildman–Crippen LogP) is 4.54. The first-order chi connectivity index (χ1) is 5.81. The fourth-order valence-corrected chi connectivity index (χ4v) is 1.54. The van der Waals surface area contributed by atoms with Gasteiger partial charge in [0, 0.05) is 5.33 Å². The van der Waals surface area contributed by atoms with Crippen molar-refractivity contribution in [1.29, 1.82) is 0 Å². The van der Waals surface area contributed by atoms with Crippen LogP contribution in [0.5, 0.6) is 0 Å². The van der Waals surface area contributed by atoms with Gasteiger partial charge in [0.15, 0.2) is 0 Å². The van der Waals surface area contributed by atoms with Gasteiger partial charge in [-0.3, -0.25) is 0 Å². The van der Waals surface area contributed by atoms with Crippen LogP contribution in [0.1, 0.15) is 45.4 Å². The molecule has 0 saturated carbocycles. The molecule has 0 radical (unpaired) electrons. The lowest BCUT2D eigenvalue weighted by Crippen LogP contribution is -1.94. The van der Waals surface area contributed by atoms with Crippen LogP contribution in [0.4, 0.5) is 0 Å². The van der Waals surface area contributed by atoms with E-state index in [9.17, 15) is 0 Å². The summed E-state index contributed by atoms with van der Waals surface area (Å²) in [6, 6.07) is 0. The molecular weight excluding hydrogens is 212 g/mol. The molecule has 12 heavy (non-hydrogen) atoms. The Labute approximate surface area is 85.6 Å². The summed E-state index contributed by atoms with van der Waals surface area (Å²) < 4.78 is 0. The lowest BCUT2D eigenvalue weighted by atomic mass is 10.0. The molecule has 0 saturated heterocycles. The molecule has 0 bridgehead atoms. The van der Waals surface area contributed by atoms with Gasteiger partial charge >= 0.3 is 0 Å². The average molecular weight is 233 g/mol. The van der Waals surface area contributed by atoms with Gasteiger partial charge in [-0.2, -0.15) is 0 Å². The van der Waals surface area contributed by atoms with Gasteiger partial charge in [-0.05, 0) is 25.2 Å². The molecule has 0 rings (SSSR count). The van der Waals surface area contributed by atoms with Crippen LogP contribution in [0, 0.1) is 5.92 Å². The number of hydrogen-bond donors (Lipinski definition) is 0. The second kappa shape index (κ2) is 9.31. The van der Waals surface area contributed by atoms with Crippen LogP contribution in [-0.2, 0) is 0 Å². The van der Waals surface area contributed by atoms with E-state index in [1.165, 1.54) is 38.5 Å². The van der Waals surface area contributed by atoms with E-state index in [0.717, 1.165) is 11.2 Å². The summed E-state index contributed by atoms with van der Waals surface area (Å²) in [5.74, 6) is 0.851. The van der Waals surface area contributed by atoms with Crippen LogP contribution >= 0.6 is 15.9 Å². The van der Waals surface area contributed by atoms with Crippen molar-refractivity contribution in [1.82, 2.24) is 0 Å². The Morgan fingerprint density at radius 2 is 1.92 bits per heavy atom.